The maximum Gasteiger partial charge on any atom is 0.146 e. The molecule has 1 fully saturated rings. The Kier molecular flexibility index (Phi) is 4.31. The SMILES string of the molecule is O[C@@H]1CN(Cc2ncccc2F)C[C@H]1Oc1cccc(F)c1. The Labute approximate surface area is 127 Å². The van der Waals surface area contributed by atoms with Crippen molar-refractivity contribution in [1.82, 2.24) is 9.88 Å². The van der Waals surface area contributed by atoms with E-state index < -0.39 is 18.0 Å². The molecule has 0 unspecified atom stereocenters. The zero-order valence-corrected chi connectivity index (χ0v) is 11.8. The average Bonchev–Trinajstić information content (AvgIpc) is 2.81. The topological polar surface area (TPSA) is 45.6 Å². The molecule has 0 radical (unpaired) electrons. The van der Waals surface area contributed by atoms with Crippen LogP contribution in [0.15, 0.2) is 42.6 Å². The van der Waals surface area contributed by atoms with Crippen molar-refractivity contribution in [2.24, 2.45) is 0 Å². The highest BCUT2D eigenvalue weighted by Gasteiger charge is 2.33. The van der Waals surface area contributed by atoms with Gasteiger partial charge in [-0.3, -0.25) is 9.88 Å². The van der Waals surface area contributed by atoms with E-state index >= 15 is 0 Å². The third kappa shape index (κ3) is 3.40. The van der Waals surface area contributed by atoms with Crippen LogP contribution in [0.3, 0.4) is 0 Å². The van der Waals surface area contributed by atoms with Crippen molar-refractivity contribution in [2.45, 2.75) is 18.8 Å². The summed E-state index contributed by atoms with van der Waals surface area (Å²) in [5.74, 6) is -0.390. The van der Waals surface area contributed by atoms with Crippen molar-refractivity contribution in [1.29, 1.82) is 0 Å². The second kappa shape index (κ2) is 6.37. The molecule has 4 nitrogen and oxygen atoms in total. The van der Waals surface area contributed by atoms with Crippen LogP contribution < -0.4 is 4.74 Å². The predicted molar refractivity (Wildman–Crippen MR) is 76.3 cm³/mol. The van der Waals surface area contributed by atoms with Gasteiger partial charge >= 0.3 is 0 Å². The van der Waals surface area contributed by atoms with Crippen molar-refractivity contribution in [3.05, 3.63) is 59.9 Å². The van der Waals surface area contributed by atoms with E-state index in [0.29, 0.717) is 31.1 Å². The fourth-order valence-electron chi connectivity index (χ4n) is 2.54. The Morgan fingerprint density at radius 3 is 2.86 bits per heavy atom. The van der Waals surface area contributed by atoms with Gasteiger partial charge in [-0.15, -0.1) is 0 Å². The van der Waals surface area contributed by atoms with Gasteiger partial charge in [-0.05, 0) is 24.3 Å². The molecule has 1 aliphatic heterocycles. The number of rotatable bonds is 4. The van der Waals surface area contributed by atoms with Crippen molar-refractivity contribution >= 4 is 0 Å². The summed E-state index contributed by atoms with van der Waals surface area (Å²) in [4.78, 5) is 5.86. The lowest BCUT2D eigenvalue weighted by molar-refractivity contribution is 0.0734. The summed E-state index contributed by atoms with van der Waals surface area (Å²) in [6, 6.07) is 8.68. The van der Waals surface area contributed by atoms with Crippen LogP contribution in [-0.2, 0) is 6.54 Å². The van der Waals surface area contributed by atoms with Gasteiger partial charge in [0.1, 0.15) is 29.6 Å². The summed E-state index contributed by atoms with van der Waals surface area (Å²) < 4.78 is 32.4. The number of benzene rings is 1. The molecule has 0 bridgehead atoms. The van der Waals surface area contributed by atoms with Crippen LogP contribution in [0.1, 0.15) is 5.69 Å². The molecule has 6 heteroatoms. The Morgan fingerprint density at radius 2 is 2.09 bits per heavy atom. The molecule has 0 amide bonds. The van der Waals surface area contributed by atoms with E-state index in [1.165, 1.54) is 30.5 Å². The number of aromatic nitrogens is 1. The second-order valence-corrected chi connectivity index (χ2v) is 5.31. The highest BCUT2D eigenvalue weighted by Crippen LogP contribution is 2.21. The molecule has 3 rings (SSSR count). The lowest BCUT2D eigenvalue weighted by Crippen LogP contribution is -2.30. The summed E-state index contributed by atoms with van der Waals surface area (Å²) in [7, 11) is 0. The van der Waals surface area contributed by atoms with Gasteiger partial charge in [-0.2, -0.15) is 0 Å². The molecule has 0 spiro atoms. The first-order valence-electron chi connectivity index (χ1n) is 7.04. The number of nitrogens with zero attached hydrogens (tertiary/aromatic N) is 2. The smallest absolute Gasteiger partial charge is 0.146 e. The quantitative estimate of drug-likeness (QED) is 0.938. The number of ether oxygens (including phenoxy) is 1. The lowest BCUT2D eigenvalue weighted by atomic mass is 10.2. The van der Waals surface area contributed by atoms with Gasteiger partial charge in [0.05, 0.1) is 5.69 Å². The largest absolute Gasteiger partial charge is 0.486 e. The molecule has 116 valence electrons. The van der Waals surface area contributed by atoms with Gasteiger partial charge < -0.3 is 9.84 Å². The first-order chi connectivity index (χ1) is 10.6. The van der Waals surface area contributed by atoms with E-state index in [-0.39, 0.29) is 5.82 Å². The maximum atomic E-state index is 13.6. The molecular weight excluding hydrogens is 290 g/mol. The number of aliphatic hydroxyl groups is 1. The van der Waals surface area contributed by atoms with Crippen molar-refractivity contribution in [2.75, 3.05) is 13.1 Å². The van der Waals surface area contributed by atoms with E-state index in [4.69, 9.17) is 4.74 Å². The molecule has 1 aliphatic rings. The minimum Gasteiger partial charge on any atom is -0.486 e. The number of β-amino-alcohol motifs (C(OH)–C–C–N with tert-alkyl or cyclic N) is 1. The summed E-state index contributed by atoms with van der Waals surface area (Å²) in [5.41, 5.74) is 0.334. The maximum absolute atomic E-state index is 13.6. The fourth-order valence-corrected chi connectivity index (χ4v) is 2.54. The number of pyridine rings is 1. The van der Waals surface area contributed by atoms with E-state index in [0.717, 1.165) is 0 Å². The molecular formula is C16H16F2N2O2. The monoisotopic (exact) mass is 306 g/mol. The second-order valence-electron chi connectivity index (χ2n) is 5.31. The van der Waals surface area contributed by atoms with Crippen LogP contribution in [0.2, 0.25) is 0 Å². The van der Waals surface area contributed by atoms with Crippen LogP contribution in [0.25, 0.3) is 0 Å². The standard InChI is InChI=1S/C16H16F2N2O2/c17-11-3-1-4-12(7-11)22-16-10-20(9-15(16)21)8-14-13(18)5-2-6-19-14/h1-7,15-16,21H,8-10H2/t15-,16-/m1/s1. The van der Waals surface area contributed by atoms with E-state index in [1.807, 2.05) is 4.90 Å². The zero-order valence-electron chi connectivity index (χ0n) is 11.8. The van der Waals surface area contributed by atoms with Gasteiger partial charge in [0, 0.05) is 31.9 Å². The molecule has 1 aromatic heterocycles. The fraction of sp³-hybridized carbons (Fsp3) is 0.312. The van der Waals surface area contributed by atoms with Crippen LogP contribution >= 0.6 is 0 Å². The van der Waals surface area contributed by atoms with Gasteiger partial charge in [-0.25, -0.2) is 8.78 Å². The minimum atomic E-state index is -0.713. The molecule has 2 heterocycles. The predicted octanol–water partition coefficient (Wildman–Crippen LogP) is 1.98. The van der Waals surface area contributed by atoms with Crippen LogP contribution in [0, 0.1) is 11.6 Å². The number of halogens is 2. The van der Waals surface area contributed by atoms with Crippen molar-refractivity contribution in [3.63, 3.8) is 0 Å². The van der Waals surface area contributed by atoms with Crippen molar-refractivity contribution in [3.8, 4) is 5.75 Å². The van der Waals surface area contributed by atoms with Crippen LogP contribution in [0.4, 0.5) is 8.78 Å². The molecule has 1 saturated heterocycles. The van der Waals surface area contributed by atoms with Crippen LogP contribution in [-0.4, -0.2) is 40.3 Å². The molecule has 22 heavy (non-hydrogen) atoms. The Bertz CT molecular complexity index is 654. The third-order valence-electron chi connectivity index (χ3n) is 3.60. The summed E-state index contributed by atoms with van der Waals surface area (Å²) in [6.45, 7) is 1.08. The third-order valence-corrected chi connectivity index (χ3v) is 3.60. The number of hydrogen-bond donors (Lipinski definition) is 1. The van der Waals surface area contributed by atoms with Gasteiger partial charge in [0.15, 0.2) is 0 Å². The zero-order chi connectivity index (χ0) is 15.5. The van der Waals surface area contributed by atoms with Gasteiger partial charge in [-0.1, -0.05) is 6.07 Å². The molecule has 2 aromatic rings. The van der Waals surface area contributed by atoms with E-state index in [2.05, 4.69) is 4.98 Å². The molecule has 1 N–H and O–H groups in total. The van der Waals surface area contributed by atoms with E-state index in [1.54, 1.807) is 12.1 Å². The summed E-state index contributed by atoms with van der Waals surface area (Å²) >= 11 is 0. The lowest BCUT2D eigenvalue weighted by Gasteiger charge is -2.17. The van der Waals surface area contributed by atoms with Gasteiger partial charge in [0.2, 0.25) is 0 Å². The molecule has 1 aromatic carbocycles. The molecule has 0 aliphatic carbocycles. The van der Waals surface area contributed by atoms with E-state index in [9.17, 15) is 13.9 Å². The van der Waals surface area contributed by atoms with Gasteiger partial charge in [0.25, 0.3) is 0 Å². The minimum absolute atomic E-state index is 0.298. The number of hydrogen-bond acceptors (Lipinski definition) is 4. The highest BCUT2D eigenvalue weighted by atomic mass is 19.1. The first-order valence-corrected chi connectivity index (χ1v) is 7.04. The Morgan fingerprint density at radius 1 is 1.23 bits per heavy atom. The average molecular weight is 306 g/mol. The molecule has 0 saturated carbocycles. The van der Waals surface area contributed by atoms with Crippen molar-refractivity contribution < 1.29 is 18.6 Å². The number of aliphatic hydroxyl groups excluding tert-OH is 1. The normalized spacial score (nSPS) is 22.0. The summed E-state index contributed by atoms with van der Waals surface area (Å²) in [6.07, 6.45) is 0.342. The number of likely N-dealkylation sites (tertiary alicyclic amines) is 1. The highest BCUT2D eigenvalue weighted by molar-refractivity contribution is 5.23. The Balaban J connectivity index is 1.63. The van der Waals surface area contributed by atoms with Crippen LogP contribution in [0.5, 0.6) is 5.75 Å². The summed E-state index contributed by atoms with van der Waals surface area (Å²) in [5, 5.41) is 10.1. The molecule has 2 atom stereocenters. The first kappa shape index (κ1) is 14.9. The Hall–Kier alpha value is -2.05.